The molecule has 0 spiro atoms. The molecule has 0 fully saturated rings. The van der Waals surface area contributed by atoms with Crippen molar-refractivity contribution in [3.63, 3.8) is 0 Å². The number of imide groups is 1. The molecule has 1 aromatic heterocycles. The number of amides is 2. The van der Waals surface area contributed by atoms with Crippen molar-refractivity contribution in [1.82, 2.24) is 15.2 Å². The summed E-state index contributed by atoms with van der Waals surface area (Å²) < 4.78 is 5.47. The smallest absolute Gasteiger partial charge is 0.261 e. The highest BCUT2D eigenvalue weighted by Gasteiger charge is 2.34. The normalized spacial score (nSPS) is 18.2. The Morgan fingerprint density at radius 1 is 1.14 bits per heavy atom. The van der Waals surface area contributed by atoms with Gasteiger partial charge in [-0.1, -0.05) is 12.1 Å². The van der Waals surface area contributed by atoms with E-state index in [2.05, 4.69) is 10.3 Å². The van der Waals surface area contributed by atoms with Gasteiger partial charge in [-0.2, -0.15) is 0 Å². The van der Waals surface area contributed by atoms with E-state index in [-0.39, 0.29) is 17.9 Å². The number of ether oxygens (including phenoxy) is 1. The largest absolute Gasteiger partial charge is 0.496 e. The van der Waals surface area contributed by atoms with Gasteiger partial charge in [-0.25, -0.2) is 0 Å². The second kappa shape index (κ2) is 8.10. The van der Waals surface area contributed by atoms with Crippen molar-refractivity contribution in [1.29, 1.82) is 0 Å². The van der Waals surface area contributed by atoms with Gasteiger partial charge in [-0.15, -0.1) is 0 Å². The molecule has 0 saturated carbocycles. The number of aromatic nitrogens is 1. The maximum absolute atomic E-state index is 12.4. The quantitative estimate of drug-likeness (QED) is 0.591. The Hall–Kier alpha value is -2.73. The number of nitrogens with one attached hydrogen (secondary N) is 1. The molecule has 6 nitrogen and oxygen atoms in total. The molecule has 2 heterocycles. The van der Waals surface area contributed by atoms with Crippen LogP contribution in [-0.2, 0) is 6.42 Å². The van der Waals surface area contributed by atoms with Gasteiger partial charge in [0.2, 0.25) is 0 Å². The highest BCUT2D eigenvalue weighted by molar-refractivity contribution is 6.21. The van der Waals surface area contributed by atoms with E-state index in [1.165, 1.54) is 10.5 Å². The molecule has 1 aromatic carbocycles. The molecule has 1 aliphatic heterocycles. The molecular weight excluding hydrogens is 354 g/mol. The number of pyridine rings is 1. The predicted molar refractivity (Wildman–Crippen MR) is 106 cm³/mol. The van der Waals surface area contributed by atoms with Crippen molar-refractivity contribution in [2.45, 2.75) is 38.1 Å². The molecule has 2 aliphatic rings. The SMILES string of the molecule is COc1ccnc2c1CCCC2NCCCCN1C(=O)c2ccccc2C1=O. The maximum atomic E-state index is 12.4. The van der Waals surface area contributed by atoms with Gasteiger partial charge in [0.15, 0.2) is 0 Å². The van der Waals surface area contributed by atoms with Crippen LogP contribution in [-0.4, -0.2) is 41.9 Å². The molecule has 1 atom stereocenters. The summed E-state index contributed by atoms with van der Waals surface area (Å²) in [5.74, 6) is 0.569. The number of unbranched alkanes of at least 4 members (excludes halogenated alkanes) is 1. The molecule has 2 aromatic rings. The van der Waals surface area contributed by atoms with Gasteiger partial charge < -0.3 is 10.1 Å². The molecule has 4 rings (SSSR count). The molecule has 0 radical (unpaired) electrons. The lowest BCUT2D eigenvalue weighted by Gasteiger charge is -2.26. The Morgan fingerprint density at radius 3 is 2.61 bits per heavy atom. The maximum Gasteiger partial charge on any atom is 0.261 e. The molecular formula is C22H25N3O3. The van der Waals surface area contributed by atoms with Crippen LogP contribution in [0.4, 0.5) is 0 Å². The van der Waals surface area contributed by atoms with E-state index in [0.717, 1.165) is 50.1 Å². The number of fused-ring (bicyclic) bond motifs is 2. The minimum Gasteiger partial charge on any atom is -0.496 e. The first kappa shape index (κ1) is 18.6. The molecule has 1 N–H and O–H groups in total. The molecule has 0 saturated heterocycles. The van der Waals surface area contributed by atoms with E-state index in [1.807, 2.05) is 6.07 Å². The molecule has 2 amide bonds. The first-order chi connectivity index (χ1) is 13.7. The van der Waals surface area contributed by atoms with Gasteiger partial charge in [0.05, 0.1) is 23.9 Å². The highest BCUT2D eigenvalue weighted by Crippen LogP contribution is 2.33. The first-order valence-corrected chi connectivity index (χ1v) is 9.91. The summed E-state index contributed by atoms with van der Waals surface area (Å²) in [6.07, 6.45) is 6.66. The Balaban J connectivity index is 1.28. The summed E-state index contributed by atoms with van der Waals surface area (Å²) in [5.41, 5.74) is 3.33. The fourth-order valence-electron chi connectivity index (χ4n) is 4.16. The highest BCUT2D eigenvalue weighted by atomic mass is 16.5. The number of methoxy groups -OCH3 is 1. The van der Waals surface area contributed by atoms with Crippen molar-refractivity contribution < 1.29 is 14.3 Å². The summed E-state index contributed by atoms with van der Waals surface area (Å²) in [4.78, 5) is 30.7. The number of carbonyl (C=O) groups excluding carboxylic acids is 2. The Kier molecular flexibility index (Phi) is 5.39. The van der Waals surface area contributed by atoms with Crippen molar-refractivity contribution in [3.05, 3.63) is 58.9 Å². The van der Waals surface area contributed by atoms with Crippen LogP contribution in [0, 0.1) is 0 Å². The van der Waals surface area contributed by atoms with E-state index in [4.69, 9.17) is 4.74 Å². The lowest BCUT2D eigenvalue weighted by Crippen LogP contribution is -2.32. The molecule has 146 valence electrons. The topological polar surface area (TPSA) is 71.5 Å². The zero-order valence-electron chi connectivity index (χ0n) is 16.1. The summed E-state index contributed by atoms with van der Waals surface area (Å²) in [6, 6.07) is 9.18. The number of rotatable bonds is 7. The molecule has 0 bridgehead atoms. The van der Waals surface area contributed by atoms with Crippen LogP contribution >= 0.6 is 0 Å². The lowest BCUT2D eigenvalue weighted by molar-refractivity contribution is 0.0651. The van der Waals surface area contributed by atoms with Crippen molar-refractivity contribution in [3.8, 4) is 5.75 Å². The molecule has 1 unspecified atom stereocenters. The second-order valence-corrected chi connectivity index (χ2v) is 7.29. The Bertz CT molecular complexity index is 861. The summed E-state index contributed by atoms with van der Waals surface area (Å²) in [6.45, 7) is 1.29. The fourth-order valence-corrected chi connectivity index (χ4v) is 4.16. The second-order valence-electron chi connectivity index (χ2n) is 7.29. The minimum absolute atomic E-state index is 0.175. The summed E-state index contributed by atoms with van der Waals surface area (Å²) >= 11 is 0. The first-order valence-electron chi connectivity index (χ1n) is 9.91. The minimum atomic E-state index is -0.175. The number of hydrogen-bond acceptors (Lipinski definition) is 5. The van der Waals surface area contributed by atoms with Crippen LogP contribution in [0.25, 0.3) is 0 Å². The number of nitrogens with zero attached hydrogens (tertiary/aromatic N) is 2. The number of hydrogen-bond donors (Lipinski definition) is 1. The van der Waals surface area contributed by atoms with E-state index in [0.29, 0.717) is 17.7 Å². The van der Waals surface area contributed by atoms with Crippen LogP contribution in [0.5, 0.6) is 5.75 Å². The van der Waals surface area contributed by atoms with Crippen LogP contribution in [0.1, 0.15) is 63.7 Å². The lowest BCUT2D eigenvalue weighted by atomic mass is 9.91. The molecule has 6 heteroatoms. The standard InChI is InChI=1S/C22H25N3O3/c1-28-19-11-13-24-20-17(19)9-6-10-18(20)23-12-4-5-14-25-21(26)15-7-2-3-8-16(15)22(25)27/h2-3,7-8,11,13,18,23H,4-6,9-10,12,14H2,1H3. The van der Waals surface area contributed by atoms with Gasteiger partial charge in [-0.3, -0.25) is 19.5 Å². The van der Waals surface area contributed by atoms with Crippen molar-refractivity contribution >= 4 is 11.8 Å². The summed E-state index contributed by atoms with van der Waals surface area (Å²) in [5, 5.41) is 3.59. The van der Waals surface area contributed by atoms with Gasteiger partial charge in [0, 0.05) is 24.3 Å². The third-order valence-corrected chi connectivity index (χ3v) is 5.59. The van der Waals surface area contributed by atoms with Crippen LogP contribution in [0.2, 0.25) is 0 Å². The van der Waals surface area contributed by atoms with Gasteiger partial charge in [0.25, 0.3) is 11.8 Å². The van der Waals surface area contributed by atoms with Crippen molar-refractivity contribution in [2.75, 3.05) is 20.2 Å². The van der Waals surface area contributed by atoms with Crippen LogP contribution in [0.3, 0.4) is 0 Å². The summed E-state index contributed by atoms with van der Waals surface area (Å²) in [7, 11) is 1.70. The van der Waals surface area contributed by atoms with E-state index in [9.17, 15) is 9.59 Å². The Morgan fingerprint density at radius 2 is 1.89 bits per heavy atom. The number of benzene rings is 1. The van der Waals surface area contributed by atoms with E-state index in [1.54, 1.807) is 37.6 Å². The van der Waals surface area contributed by atoms with Gasteiger partial charge in [-0.05, 0) is 56.8 Å². The van der Waals surface area contributed by atoms with Gasteiger partial charge >= 0.3 is 0 Å². The van der Waals surface area contributed by atoms with Crippen molar-refractivity contribution in [2.24, 2.45) is 0 Å². The monoisotopic (exact) mass is 379 g/mol. The van der Waals surface area contributed by atoms with E-state index >= 15 is 0 Å². The van der Waals surface area contributed by atoms with Crippen LogP contribution in [0.15, 0.2) is 36.5 Å². The average molecular weight is 379 g/mol. The van der Waals surface area contributed by atoms with Crippen LogP contribution < -0.4 is 10.1 Å². The third-order valence-electron chi connectivity index (χ3n) is 5.59. The zero-order valence-corrected chi connectivity index (χ0v) is 16.1. The fraction of sp³-hybridized carbons (Fsp3) is 0.409. The molecule has 28 heavy (non-hydrogen) atoms. The Labute approximate surface area is 164 Å². The zero-order chi connectivity index (χ0) is 19.5. The van der Waals surface area contributed by atoms with Gasteiger partial charge in [0.1, 0.15) is 5.75 Å². The average Bonchev–Trinajstić information content (AvgIpc) is 2.98. The predicted octanol–water partition coefficient (Wildman–Crippen LogP) is 3.13. The molecule has 1 aliphatic carbocycles. The number of carbonyl (C=O) groups is 2. The van der Waals surface area contributed by atoms with E-state index < -0.39 is 0 Å². The third kappa shape index (κ3) is 3.40.